The van der Waals surface area contributed by atoms with Crippen molar-refractivity contribution in [3.05, 3.63) is 53.6 Å². The van der Waals surface area contributed by atoms with Crippen molar-refractivity contribution >= 4 is 17.7 Å². The number of para-hydroxylation sites is 3. The van der Waals surface area contributed by atoms with Gasteiger partial charge in [-0.3, -0.25) is 0 Å². The lowest BCUT2D eigenvalue weighted by atomic mass is 9.92. The summed E-state index contributed by atoms with van der Waals surface area (Å²) in [7, 11) is 0. The van der Waals surface area contributed by atoms with E-state index in [2.05, 4.69) is 61.7 Å². The molecule has 3 heteroatoms. The van der Waals surface area contributed by atoms with Crippen LogP contribution in [-0.4, -0.2) is 29.1 Å². The highest BCUT2D eigenvalue weighted by Gasteiger charge is 2.28. The minimum Gasteiger partial charge on any atom is -0.504 e. The van der Waals surface area contributed by atoms with E-state index in [1.54, 1.807) is 6.07 Å². The molecule has 0 radical (unpaired) electrons. The summed E-state index contributed by atoms with van der Waals surface area (Å²) in [6, 6.07) is 14.2. The number of rotatable bonds is 4. The Labute approximate surface area is 144 Å². The number of aromatic hydroxyl groups is 1. The van der Waals surface area contributed by atoms with Crippen LogP contribution in [0.2, 0.25) is 0 Å². The predicted molar refractivity (Wildman–Crippen MR) is 101 cm³/mol. The van der Waals surface area contributed by atoms with E-state index in [0.717, 1.165) is 18.8 Å². The molecule has 126 valence electrons. The van der Waals surface area contributed by atoms with Crippen molar-refractivity contribution in [1.29, 1.82) is 0 Å². The first kappa shape index (κ1) is 16.6. The van der Waals surface area contributed by atoms with Crippen molar-refractivity contribution in [3.8, 4) is 5.75 Å². The molecule has 1 heterocycles. The third-order valence-electron chi connectivity index (χ3n) is 4.68. The topological polar surface area (TPSA) is 26.5 Å². The van der Waals surface area contributed by atoms with Gasteiger partial charge in [0.1, 0.15) is 18.8 Å². The Balaban J connectivity index is 2.07. The maximum absolute atomic E-state index is 10.1. The number of nitrogens with zero attached hydrogens (tertiary/aromatic N) is 2. The van der Waals surface area contributed by atoms with Gasteiger partial charge in [-0.2, -0.15) is 0 Å². The fourth-order valence-electron chi connectivity index (χ4n) is 3.40. The van der Waals surface area contributed by atoms with Crippen molar-refractivity contribution in [2.75, 3.05) is 18.0 Å². The van der Waals surface area contributed by atoms with Crippen molar-refractivity contribution in [1.82, 2.24) is 0 Å². The van der Waals surface area contributed by atoms with E-state index in [1.807, 2.05) is 18.2 Å². The molecule has 1 aliphatic rings. The van der Waals surface area contributed by atoms with Gasteiger partial charge < -0.3 is 5.11 Å². The van der Waals surface area contributed by atoms with Crippen LogP contribution in [0, 0.1) is 0 Å². The predicted octanol–water partition coefficient (Wildman–Crippen LogP) is 4.83. The second kappa shape index (κ2) is 6.68. The van der Waals surface area contributed by atoms with Crippen molar-refractivity contribution in [2.24, 2.45) is 0 Å². The number of anilines is 1. The molecule has 2 aromatic rings. The van der Waals surface area contributed by atoms with Crippen LogP contribution in [0.3, 0.4) is 0 Å². The molecular formula is C21H27N2O+. The zero-order chi connectivity index (χ0) is 17.3. The van der Waals surface area contributed by atoms with Crippen LogP contribution in [0.15, 0.2) is 42.5 Å². The summed E-state index contributed by atoms with van der Waals surface area (Å²) in [6.07, 6.45) is 2.14. The molecule has 0 bridgehead atoms. The number of phenolic OH excluding ortho intramolecular Hbond substituents is 1. The molecule has 1 aliphatic heterocycles. The molecule has 0 saturated heterocycles. The Morgan fingerprint density at radius 1 is 0.917 bits per heavy atom. The van der Waals surface area contributed by atoms with E-state index in [0.29, 0.717) is 17.6 Å². The van der Waals surface area contributed by atoms with Gasteiger partial charge in [-0.25, -0.2) is 9.48 Å². The SMILES string of the molecule is CC(C)c1cccc(C(C)C)c1[N+]1=CN(c2ccccc2O)CC1. The molecule has 0 aromatic heterocycles. The summed E-state index contributed by atoms with van der Waals surface area (Å²) < 4.78 is 2.34. The minimum absolute atomic E-state index is 0.330. The van der Waals surface area contributed by atoms with E-state index in [-0.39, 0.29) is 0 Å². The van der Waals surface area contributed by atoms with Gasteiger partial charge in [0, 0.05) is 11.1 Å². The van der Waals surface area contributed by atoms with Gasteiger partial charge in [0.25, 0.3) is 0 Å². The third kappa shape index (κ3) is 3.03. The van der Waals surface area contributed by atoms with Gasteiger partial charge in [0.2, 0.25) is 6.34 Å². The van der Waals surface area contributed by atoms with E-state index in [9.17, 15) is 5.11 Å². The molecule has 0 amide bonds. The molecule has 24 heavy (non-hydrogen) atoms. The lowest BCUT2D eigenvalue weighted by molar-refractivity contribution is -0.425. The zero-order valence-corrected chi connectivity index (χ0v) is 15.0. The second-order valence-electron chi connectivity index (χ2n) is 7.09. The first-order chi connectivity index (χ1) is 11.5. The van der Waals surface area contributed by atoms with Gasteiger partial charge >= 0.3 is 0 Å². The van der Waals surface area contributed by atoms with Gasteiger partial charge in [0.05, 0.1) is 0 Å². The monoisotopic (exact) mass is 323 g/mol. The van der Waals surface area contributed by atoms with Crippen molar-refractivity contribution < 1.29 is 9.68 Å². The Morgan fingerprint density at radius 3 is 2.12 bits per heavy atom. The van der Waals surface area contributed by atoms with E-state index in [4.69, 9.17) is 0 Å². The molecule has 0 spiro atoms. The standard InChI is InChI=1S/C21H26N2O/c1-15(2)17-8-7-9-18(16(3)4)21(17)23-13-12-22(14-23)19-10-5-6-11-20(19)24/h5-11,14-16H,12-13H2,1-4H3/p+1. The number of benzene rings is 2. The average molecular weight is 323 g/mol. The van der Waals surface area contributed by atoms with E-state index in [1.165, 1.54) is 16.8 Å². The fraction of sp³-hybridized carbons (Fsp3) is 0.381. The lowest BCUT2D eigenvalue weighted by Crippen LogP contribution is -2.18. The highest BCUT2D eigenvalue weighted by atomic mass is 16.3. The van der Waals surface area contributed by atoms with E-state index < -0.39 is 0 Å². The molecule has 2 aromatic carbocycles. The van der Waals surface area contributed by atoms with Crippen LogP contribution >= 0.6 is 0 Å². The first-order valence-corrected chi connectivity index (χ1v) is 8.78. The normalized spacial score (nSPS) is 14.6. The summed E-state index contributed by atoms with van der Waals surface area (Å²) in [5, 5.41) is 10.1. The van der Waals surface area contributed by atoms with Crippen LogP contribution in [0.4, 0.5) is 11.4 Å². The van der Waals surface area contributed by atoms with Gasteiger partial charge in [-0.1, -0.05) is 58.0 Å². The number of phenols is 1. The van der Waals surface area contributed by atoms with Crippen LogP contribution in [-0.2, 0) is 0 Å². The van der Waals surface area contributed by atoms with Gasteiger partial charge in [-0.05, 0) is 24.0 Å². The molecule has 3 nitrogen and oxygen atoms in total. The van der Waals surface area contributed by atoms with Crippen molar-refractivity contribution in [3.63, 3.8) is 0 Å². The smallest absolute Gasteiger partial charge is 0.244 e. The number of hydrogen-bond acceptors (Lipinski definition) is 2. The molecular weight excluding hydrogens is 296 g/mol. The summed E-state index contributed by atoms with van der Waals surface area (Å²) >= 11 is 0. The zero-order valence-electron chi connectivity index (χ0n) is 15.0. The molecule has 0 saturated carbocycles. The Bertz CT molecular complexity index is 736. The maximum Gasteiger partial charge on any atom is 0.244 e. The largest absolute Gasteiger partial charge is 0.504 e. The summed E-state index contributed by atoms with van der Waals surface area (Å²) in [5.74, 6) is 1.29. The first-order valence-electron chi connectivity index (χ1n) is 8.78. The minimum atomic E-state index is 0.330. The highest BCUT2D eigenvalue weighted by molar-refractivity contribution is 5.81. The highest BCUT2D eigenvalue weighted by Crippen LogP contribution is 2.36. The van der Waals surface area contributed by atoms with Gasteiger partial charge in [-0.15, -0.1) is 0 Å². The van der Waals surface area contributed by atoms with Crippen molar-refractivity contribution in [2.45, 2.75) is 39.5 Å². The molecule has 0 fully saturated rings. The molecule has 3 rings (SSSR count). The molecule has 0 atom stereocenters. The summed E-state index contributed by atoms with van der Waals surface area (Å²) in [5.41, 5.74) is 4.97. The summed E-state index contributed by atoms with van der Waals surface area (Å²) in [4.78, 5) is 2.14. The maximum atomic E-state index is 10.1. The fourth-order valence-corrected chi connectivity index (χ4v) is 3.40. The van der Waals surface area contributed by atoms with E-state index >= 15 is 0 Å². The Morgan fingerprint density at radius 2 is 1.54 bits per heavy atom. The Kier molecular flexibility index (Phi) is 4.61. The van der Waals surface area contributed by atoms with Crippen LogP contribution in [0.1, 0.15) is 50.7 Å². The quantitative estimate of drug-likeness (QED) is 0.816. The van der Waals surface area contributed by atoms with Crippen LogP contribution in [0.5, 0.6) is 5.75 Å². The number of hydrogen-bond donors (Lipinski definition) is 1. The third-order valence-corrected chi connectivity index (χ3v) is 4.68. The lowest BCUT2D eigenvalue weighted by Gasteiger charge is -2.17. The molecule has 0 aliphatic carbocycles. The van der Waals surface area contributed by atoms with Gasteiger partial charge in [0.15, 0.2) is 11.4 Å². The average Bonchev–Trinajstić information content (AvgIpc) is 3.03. The van der Waals surface area contributed by atoms with Crippen LogP contribution < -0.4 is 4.90 Å². The molecule has 1 N–H and O–H groups in total. The second-order valence-corrected chi connectivity index (χ2v) is 7.09. The molecule has 0 unspecified atom stereocenters. The van der Waals surface area contributed by atoms with Crippen LogP contribution in [0.25, 0.3) is 0 Å². The summed E-state index contributed by atoms with van der Waals surface area (Å²) in [6.45, 7) is 10.8. The Hall–Kier alpha value is -2.29.